The van der Waals surface area contributed by atoms with Gasteiger partial charge in [-0.1, -0.05) is 13.8 Å². The van der Waals surface area contributed by atoms with Crippen LogP contribution in [0.4, 0.5) is 4.39 Å². The predicted octanol–water partition coefficient (Wildman–Crippen LogP) is 4.46. The average molecular weight is 207 g/mol. The number of hydrogen-bond acceptors (Lipinski definition) is 0. The fraction of sp³-hybridized carbons (Fsp3) is 0.385. The second kappa shape index (κ2) is 4.05. The van der Waals surface area contributed by atoms with Crippen LogP contribution >= 0.6 is 0 Å². The third kappa shape index (κ3) is 1.89. The quantitative estimate of drug-likeness (QED) is 0.765. The van der Waals surface area contributed by atoms with Crippen LogP contribution in [0.25, 0.3) is 10.9 Å². The fourth-order valence-electron chi connectivity index (χ4n) is 2.07. The highest BCUT2D eigenvalue weighted by Crippen LogP contribution is 2.26. The third-order valence-corrected chi connectivity index (χ3v) is 3.03. The first-order chi connectivity index (χ1) is 7.24. The summed E-state index contributed by atoms with van der Waals surface area (Å²) in [6.07, 6.45) is 2.23. The number of aromatic amines is 1. The van der Waals surface area contributed by atoms with Gasteiger partial charge < -0.3 is 4.98 Å². The number of rotatable bonds is 3. The topological polar surface area (TPSA) is 15.8 Å². The smallest absolute Gasteiger partial charge is 0.123 e. The molecule has 1 aromatic carbocycles. The second-order valence-corrected chi connectivity index (χ2v) is 3.97. The lowest BCUT2D eigenvalue weighted by Crippen LogP contribution is -1.94. The molecule has 82 valence electrons. The average Bonchev–Trinajstić information content (AvgIpc) is 2.62. The van der Waals surface area contributed by atoms with Crippen LogP contribution in [0.2, 0.25) is 0 Å². The Morgan fingerprint density at radius 2 is 2.00 bits per heavy atom. The van der Waals surface area contributed by atoms with Gasteiger partial charge in [-0.2, -0.15) is 0 Å². The Kier molecular flexibility index (Phi) is 2.76. The summed E-state index contributed by atoms with van der Waals surface area (Å²) in [5.41, 5.74) is 2.25. The molecule has 0 fully saturated rings. The van der Waals surface area contributed by atoms with Crippen molar-refractivity contribution in [3.05, 3.63) is 35.8 Å². The summed E-state index contributed by atoms with van der Waals surface area (Å²) in [5, 5.41) is 0.969. The lowest BCUT2D eigenvalue weighted by molar-refractivity contribution is 0.628. The lowest BCUT2D eigenvalue weighted by atomic mass is 10.00. The molecule has 15 heavy (non-hydrogen) atoms. The summed E-state index contributed by atoms with van der Waals surface area (Å²) in [5.74, 6) is 0.387. The minimum atomic E-state index is -0.169. The van der Waals surface area contributed by atoms with E-state index in [1.165, 1.54) is 11.8 Å². The monoisotopic (exact) mass is 207 g/mol. The molecule has 1 heterocycles. The Bertz CT molecular complexity index is 460. The number of aromatic nitrogens is 1. The molecule has 0 unspecified atom stereocenters. The Morgan fingerprint density at radius 3 is 2.67 bits per heavy atom. The highest BCUT2D eigenvalue weighted by Gasteiger charge is 2.10. The van der Waals surface area contributed by atoms with Crippen molar-refractivity contribution in [2.75, 3.05) is 0 Å². The number of nitrogens with one attached hydrogen (secondary N) is 1. The number of benzene rings is 1. The van der Waals surface area contributed by atoms with Gasteiger partial charge in [0.1, 0.15) is 5.82 Å². The lowest BCUT2D eigenvalue weighted by Gasteiger charge is -2.08. The molecule has 0 spiro atoms. The summed E-state index contributed by atoms with van der Waals surface area (Å²) in [6, 6.07) is 6.94. The van der Waals surface area contributed by atoms with E-state index in [-0.39, 0.29) is 7.24 Å². The second-order valence-electron chi connectivity index (χ2n) is 3.97. The predicted molar refractivity (Wildman–Crippen MR) is 63.7 cm³/mol. The molecule has 1 aromatic heterocycles. The summed E-state index contributed by atoms with van der Waals surface area (Å²) < 4.78 is 13.0. The van der Waals surface area contributed by atoms with Crippen LogP contribution in [-0.4, -0.2) is 4.98 Å². The minimum Gasteiger partial charge on any atom is -0.358 e. The van der Waals surface area contributed by atoms with Crippen LogP contribution in [0.3, 0.4) is 0 Å². The molecule has 0 aliphatic heterocycles. The molecule has 0 atom stereocenters. The van der Waals surface area contributed by atoms with Gasteiger partial charge in [0.05, 0.1) is 0 Å². The van der Waals surface area contributed by atoms with Gasteiger partial charge in [0.2, 0.25) is 0 Å². The van der Waals surface area contributed by atoms with Crippen LogP contribution in [0.1, 0.15) is 39.7 Å². The van der Waals surface area contributed by atoms with E-state index in [4.69, 9.17) is 0 Å². The van der Waals surface area contributed by atoms with E-state index in [9.17, 15) is 4.39 Å². The maximum Gasteiger partial charge on any atom is 0.123 e. The fourth-order valence-corrected chi connectivity index (χ4v) is 2.07. The number of fused-ring (bicyclic) bond motifs is 1. The first-order valence-electron chi connectivity index (χ1n) is 5.52. The molecule has 1 nitrogen and oxygen atoms in total. The van der Waals surface area contributed by atoms with Crippen molar-refractivity contribution in [1.82, 2.24) is 4.98 Å². The number of halogens is 1. The van der Waals surface area contributed by atoms with Gasteiger partial charge in [0.25, 0.3) is 0 Å². The molecule has 2 aromatic rings. The van der Waals surface area contributed by atoms with Gasteiger partial charge in [-0.25, -0.2) is 4.39 Å². The molecule has 0 amide bonds. The van der Waals surface area contributed by atoms with Crippen LogP contribution in [-0.2, 0) is 0 Å². The van der Waals surface area contributed by atoms with Crippen molar-refractivity contribution in [2.45, 2.75) is 32.6 Å². The normalized spacial score (nSPS) is 11.5. The van der Waals surface area contributed by atoms with Crippen molar-refractivity contribution in [3.8, 4) is 0 Å². The molecule has 0 saturated carbocycles. The molecule has 2 rings (SSSR count). The maximum atomic E-state index is 13.0. The maximum absolute atomic E-state index is 13.0. The molecule has 0 radical (unpaired) electrons. The van der Waals surface area contributed by atoms with Crippen LogP contribution in [0.5, 0.6) is 0 Å². The van der Waals surface area contributed by atoms with Crippen LogP contribution in [0.15, 0.2) is 24.3 Å². The van der Waals surface area contributed by atoms with Crippen molar-refractivity contribution in [1.29, 1.82) is 0 Å². The summed E-state index contributed by atoms with van der Waals surface area (Å²) in [7, 11) is 0. The number of hydrogen-bond donors (Lipinski definition) is 1. The van der Waals surface area contributed by atoms with Crippen molar-refractivity contribution in [3.63, 3.8) is 0 Å². The molecule has 0 aliphatic carbocycles. The van der Waals surface area contributed by atoms with Gasteiger partial charge in [-0.15, -0.1) is 0 Å². The van der Waals surface area contributed by atoms with Gasteiger partial charge >= 0.3 is 0 Å². The van der Waals surface area contributed by atoms with E-state index < -0.39 is 0 Å². The summed E-state index contributed by atoms with van der Waals surface area (Å²) >= 11 is 0. The zero-order chi connectivity index (χ0) is 10.8. The molecule has 0 saturated heterocycles. The van der Waals surface area contributed by atoms with Crippen LogP contribution < -0.4 is 0 Å². The van der Waals surface area contributed by atoms with Gasteiger partial charge in [-0.3, -0.25) is 0 Å². The van der Waals surface area contributed by atoms with Crippen molar-refractivity contribution >= 4 is 10.9 Å². The van der Waals surface area contributed by atoms with E-state index in [0.29, 0.717) is 5.92 Å². The van der Waals surface area contributed by atoms with Gasteiger partial charge in [0.15, 0.2) is 0 Å². The molecule has 0 bridgehead atoms. The van der Waals surface area contributed by atoms with Crippen LogP contribution in [0, 0.1) is 5.82 Å². The van der Waals surface area contributed by atoms with Crippen molar-refractivity contribution < 1.29 is 5.82 Å². The minimum absolute atomic E-state index is 0. The number of H-pyrrole nitrogens is 1. The Labute approximate surface area is 90.8 Å². The van der Waals surface area contributed by atoms with Gasteiger partial charge in [-0.05, 0) is 43.0 Å². The molecule has 2 heteroatoms. The van der Waals surface area contributed by atoms with E-state index >= 15 is 0 Å². The highest BCUT2D eigenvalue weighted by molar-refractivity contribution is 5.80. The molecular weight excluding hydrogens is 189 g/mol. The Balaban J connectivity index is 0.00000128. The standard InChI is InChI=1S/C13H16FN.H2/c1-3-9(4-2)13-8-10-7-11(14)5-6-12(10)15-13;/h5-9,15H,3-4H2,1-2H3;1H. The summed E-state index contributed by atoms with van der Waals surface area (Å²) in [6.45, 7) is 4.36. The van der Waals surface area contributed by atoms with E-state index in [0.717, 1.165) is 23.7 Å². The Hall–Kier alpha value is -1.31. The van der Waals surface area contributed by atoms with E-state index in [1.54, 1.807) is 12.1 Å². The third-order valence-electron chi connectivity index (χ3n) is 3.03. The SMILES string of the molecule is CCC(CC)c1cc2cc(F)ccc2[nH]1.[HH]. The zero-order valence-electron chi connectivity index (χ0n) is 9.18. The summed E-state index contributed by atoms with van der Waals surface area (Å²) in [4.78, 5) is 3.36. The van der Waals surface area contributed by atoms with Crippen molar-refractivity contribution in [2.24, 2.45) is 0 Å². The van der Waals surface area contributed by atoms with E-state index in [1.807, 2.05) is 0 Å². The largest absolute Gasteiger partial charge is 0.358 e. The highest BCUT2D eigenvalue weighted by atomic mass is 19.1. The zero-order valence-corrected chi connectivity index (χ0v) is 9.18. The Morgan fingerprint density at radius 1 is 1.27 bits per heavy atom. The molecule has 0 aliphatic rings. The first-order valence-corrected chi connectivity index (χ1v) is 5.52. The molecule has 1 N–H and O–H groups in total. The molecular formula is C13H18FN. The van der Waals surface area contributed by atoms with E-state index in [2.05, 4.69) is 24.9 Å². The van der Waals surface area contributed by atoms with Gasteiger partial charge in [0, 0.05) is 18.0 Å². The first kappa shape index (κ1) is 10.2.